The maximum Gasteiger partial charge on any atom is 0.223 e. The highest BCUT2D eigenvalue weighted by molar-refractivity contribution is 7.09. The lowest BCUT2D eigenvalue weighted by Crippen LogP contribution is -2.35. The van der Waals surface area contributed by atoms with Gasteiger partial charge in [0.05, 0.1) is 5.01 Å². The Hall–Kier alpha value is -1.68. The lowest BCUT2D eigenvalue weighted by atomic mass is 10.1. The number of hydrogen-bond donors (Lipinski definition) is 0. The first-order chi connectivity index (χ1) is 10.7. The number of amides is 1. The van der Waals surface area contributed by atoms with Crippen molar-refractivity contribution >= 4 is 17.2 Å². The molecule has 1 fully saturated rings. The molecule has 4 heteroatoms. The highest BCUT2D eigenvalue weighted by Crippen LogP contribution is 2.28. The molecule has 0 saturated heterocycles. The number of nitrogens with zero attached hydrogens (tertiary/aromatic N) is 2. The van der Waals surface area contributed by atoms with Gasteiger partial charge in [-0.15, -0.1) is 11.3 Å². The van der Waals surface area contributed by atoms with E-state index in [2.05, 4.69) is 41.1 Å². The molecule has 0 N–H and O–H groups in total. The van der Waals surface area contributed by atoms with Gasteiger partial charge < -0.3 is 4.90 Å². The fraction of sp³-hybridized carbons (Fsp3) is 0.444. The number of rotatable bonds is 7. The zero-order valence-corrected chi connectivity index (χ0v) is 13.8. The molecule has 3 rings (SSSR count). The van der Waals surface area contributed by atoms with Crippen molar-refractivity contribution in [3.05, 3.63) is 52.0 Å². The van der Waals surface area contributed by atoms with Crippen molar-refractivity contribution in [1.29, 1.82) is 0 Å². The third-order valence-corrected chi connectivity index (χ3v) is 4.91. The fourth-order valence-electron chi connectivity index (χ4n) is 2.75. The molecular weight excluding hydrogens is 292 g/mol. The second-order valence-electron chi connectivity index (χ2n) is 5.98. The molecule has 0 bridgehead atoms. The van der Waals surface area contributed by atoms with E-state index in [9.17, 15) is 4.79 Å². The SMILES string of the molecule is Cc1cccc(CCC(=O)N(CCc2nccs2)C2CC2)c1. The molecule has 2 aromatic rings. The van der Waals surface area contributed by atoms with E-state index in [4.69, 9.17) is 0 Å². The van der Waals surface area contributed by atoms with Crippen LogP contribution < -0.4 is 0 Å². The monoisotopic (exact) mass is 314 g/mol. The van der Waals surface area contributed by atoms with Gasteiger partial charge in [0.1, 0.15) is 0 Å². The molecule has 1 aliphatic rings. The minimum absolute atomic E-state index is 0.292. The van der Waals surface area contributed by atoms with Crippen molar-refractivity contribution in [2.24, 2.45) is 0 Å². The molecule has 3 nitrogen and oxygen atoms in total. The largest absolute Gasteiger partial charge is 0.339 e. The van der Waals surface area contributed by atoms with Crippen molar-refractivity contribution in [3.8, 4) is 0 Å². The van der Waals surface area contributed by atoms with E-state index in [1.807, 2.05) is 11.6 Å². The Morgan fingerprint density at radius 3 is 2.91 bits per heavy atom. The molecule has 1 amide bonds. The second-order valence-corrected chi connectivity index (χ2v) is 6.96. The van der Waals surface area contributed by atoms with Gasteiger partial charge in [0, 0.05) is 37.0 Å². The van der Waals surface area contributed by atoms with Crippen molar-refractivity contribution < 1.29 is 4.79 Å². The van der Waals surface area contributed by atoms with Crippen LogP contribution in [0.5, 0.6) is 0 Å². The van der Waals surface area contributed by atoms with Crippen LogP contribution in [0.25, 0.3) is 0 Å². The number of thiazole rings is 1. The van der Waals surface area contributed by atoms with Crippen LogP contribution in [-0.2, 0) is 17.6 Å². The summed E-state index contributed by atoms with van der Waals surface area (Å²) in [4.78, 5) is 18.9. The Morgan fingerprint density at radius 2 is 2.23 bits per heavy atom. The number of benzene rings is 1. The number of aryl methyl sites for hydroxylation is 2. The van der Waals surface area contributed by atoms with Crippen molar-refractivity contribution in [3.63, 3.8) is 0 Å². The molecule has 1 saturated carbocycles. The third kappa shape index (κ3) is 4.17. The average Bonchev–Trinajstić information content (AvgIpc) is 3.21. The van der Waals surface area contributed by atoms with Crippen LogP contribution in [0.4, 0.5) is 0 Å². The summed E-state index contributed by atoms with van der Waals surface area (Å²) in [6.45, 7) is 2.90. The van der Waals surface area contributed by atoms with Crippen LogP contribution >= 0.6 is 11.3 Å². The molecule has 0 radical (unpaired) electrons. The fourth-order valence-corrected chi connectivity index (χ4v) is 3.36. The zero-order valence-electron chi connectivity index (χ0n) is 13.0. The third-order valence-electron chi connectivity index (χ3n) is 4.07. The van der Waals surface area contributed by atoms with E-state index >= 15 is 0 Å². The smallest absolute Gasteiger partial charge is 0.223 e. The van der Waals surface area contributed by atoms with Gasteiger partial charge in [-0.25, -0.2) is 4.98 Å². The summed E-state index contributed by atoms with van der Waals surface area (Å²) in [5.74, 6) is 0.292. The van der Waals surface area contributed by atoms with Crippen LogP contribution in [0.2, 0.25) is 0 Å². The first kappa shape index (κ1) is 15.2. The molecule has 1 aromatic heterocycles. The number of carbonyl (C=O) groups excluding carboxylic acids is 1. The van der Waals surface area contributed by atoms with Crippen LogP contribution in [-0.4, -0.2) is 28.4 Å². The minimum Gasteiger partial charge on any atom is -0.339 e. The van der Waals surface area contributed by atoms with Crippen LogP contribution in [0.15, 0.2) is 35.8 Å². The van der Waals surface area contributed by atoms with E-state index in [1.54, 1.807) is 11.3 Å². The predicted octanol–water partition coefficient (Wildman–Crippen LogP) is 3.62. The minimum atomic E-state index is 0.292. The van der Waals surface area contributed by atoms with E-state index in [1.165, 1.54) is 11.1 Å². The van der Waals surface area contributed by atoms with Gasteiger partial charge >= 0.3 is 0 Å². The van der Waals surface area contributed by atoms with Gasteiger partial charge in [-0.1, -0.05) is 29.8 Å². The number of aromatic nitrogens is 1. The lowest BCUT2D eigenvalue weighted by molar-refractivity contribution is -0.131. The average molecular weight is 314 g/mol. The standard InChI is InChI=1S/C18H22N2OS/c1-14-3-2-4-15(13-14)5-8-18(21)20(16-6-7-16)11-9-17-19-10-12-22-17/h2-4,10,12-13,16H,5-9,11H2,1H3. The Bertz CT molecular complexity index is 620. The summed E-state index contributed by atoms with van der Waals surface area (Å²) in [6, 6.07) is 8.92. The Labute approximate surface area is 136 Å². The van der Waals surface area contributed by atoms with Crippen molar-refractivity contribution in [2.45, 2.75) is 45.1 Å². The maximum atomic E-state index is 12.6. The van der Waals surface area contributed by atoms with Crippen molar-refractivity contribution in [2.75, 3.05) is 6.54 Å². The number of carbonyl (C=O) groups is 1. The first-order valence-corrected chi connectivity index (χ1v) is 8.84. The molecule has 22 heavy (non-hydrogen) atoms. The molecular formula is C18H22N2OS. The van der Waals surface area contributed by atoms with E-state index in [0.29, 0.717) is 18.4 Å². The topological polar surface area (TPSA) is 33.2 Å². The van der Waals surface area contributed by atoms with Gasteiger partial charge in [-0.05, 0) is 31.7 Å². The summed E-state index contributed by atoms with van der Waals surface area (Å²) in [6.07, 6.45) is 6.48. The number of hydrogen-bond acceptors (Lipinski definition) is 3. The van der Waals surface area contributed by atoms with Crippen molar-refractivity contribution in [1.82, 2.24) is 9.88 Å². The van der Waals surface area contributed by atoms with Crippen LogP contribution in [0.3, 0.4) is 0 Å². The highest BCUT2D eigenvalue weighted by Gasteiger charge is 2.31. The van der Waals surface area contributed by atoms with Gasteiger partial charge in [0.2, 0.25) is 5.91 Å². The molecule has 1 heterocycles. The summed E-state index contributed by atoms with van der Waals surface area (Å²) in [7, 11) is 0. The zero-order chi connectivity index (χ0) is 15.4. The van der Waals surface area contributed by atoms with Crippen LogP contribution in [0.1, 0.15) is 35.4 Å². The molecule has 0 atom stereocenters. The summed E-state index contributed by atoms with van der Waals surface area (Å²) >= 11 is 1.67. The first-order valence-electron chi connectivity index (χ1n) is 7.96. The van der Waals surface area contributed by atoms with E-state index in [-0.39, 0.29) is 0 Å². The van der Waals surface area contributed by atoms with Gasteiger partial charge in [-0.2, -0.15) is 0 Å². The molecule has 0 unspecified atom stereocenters. The molecule has 1 aromatic carbocycles. The maximum absolute atomic E-state index is 12.6. The van der Waals surface area contributed by atoms with Gasteiger partial charge in [0.15, 0.2) is 0 Å². The normalized spacial score (nSPS) is 14.0. The molecule has 1 aliphatic carbocycles. The quantitative estimate of drug-likeness (QED) is 0.782. The predicted molar refractivity (Wildman–Crippen MR) is 90.1 cm³/mol. The van der Waals surface area contributed by atoms with Crippen LogP contribution in [0, 0.1) is 6.92 Å². The summed E-state index contributed by atoms with van der Waals surface area (Å²) < 4.78 is 0. The lowest BCUT2D eigenvalue weighted by Gasteiger charge is -2.22. The van der Waals surface area contributed by atoms with Gasteiger partial charge in [-0.3, -0.25) is 4.79 Å². The summed E-state index contributed by atoms with van der Waals surface area (Å²) in [5, 5.41) is 3.12. The second kappa shape index (κ2) is 7.05. The molecule has 0 spiro atoms. The van der Waals surface area contributed by atoms with E-state index in [0.717, 1.165) is 37.2 Å². The molecule has 116 valence electrons. The Morgan fingerprint density at radius 1 is 1.36 bits per heavy atom. The summed E-state index contributed by atoms with van der Waals surface area (Å²) in [5.41, 5.74) is 2.51. The highest BCUT2D eigenvalue weighted by atomic mass is 32.1. The molecule has 0 aliphatic heterocycles. The Kier molecular flexibility index (Phi) is 4.88. The van der Waals surface area contributed by atoms with Gasteiger partial charge in [0.25, 0.3) is 0 Å². The van der Waals surface area contributed by atoms with E-state index < -0.39 is 0 Å². The Balaban J connectivity index is 1.53.